The van der Waals surface area contributed by atoms with Crippen molar-refractivity contribution >= 4 is 56.2 Å². The lowest BCUT2D eigenvalue weighted by molar-refractivity contribution is 0.602. The Morgan fingerprint density at radius 1 is 0.850 bits per heavy atom. The largest absolute Gasteiger partial charge is 0.224 e. The molecule has 2 aromatic rings. The first-order valence-corrected chi connectivity index (χ1v) is 8.75. The highest BCUT2D eigenvalue weighted by molar-refractivity contribution is 7.91. The van der Waals surface area contributed by atoms with Gasteiger partial charge in [0.25, 0.3) is 0 Å². The van der Waals surface area contributed by atoms with Gasteiger partial charge < -0.3 is 0 Å². The molecule has 0 atom stereocenters. The fourth-order valence-electron chi connectivity index (χ4n) is 1.78. The van der Waals surface area contributed by atoms with Crippen LogP contribution in [0.5, 0.6) is 0 Å². The zero-order valence-electron chi connectivity index (χ0n) is 10.1. The van der Waals surface area contributed by atoms with Crippen molar-refractivity contribution in [3.05, 3.63) is 50.4 Å². The van der Waals surface area contributed by atoms with Crippen molar-refractivity contribution in [2.45, 2.75) is 4.90 Å². The lowest BCUT2D eigenvalue weighted by atomic mass is 10.1. The molecular formula is C13H8Cl4O2S. The van der Waals surface area contributed by atoms with Crippen LogP contribution in [-0.2, 0) is 9.84 Å². The maximum atomic E-state index is 11.8. The third-order valence-corrected chi connectivity index (χ3v) is 5.30. The van der Waals surface area contributed by atoms with E-state index in [4.69, 9.17) is 46.4 Å². The Labute approximate surface area is 137 Å². The molecule has 2 nitrogen and oxygen atoms in total. The van der Waals surface area contributed by atoms with Crippen LogP contribution in [0.25, 0.3) is 11.1 Å². The monoisotopic (exact) mass is 368 g/mol. The highest BCUT2D eigenvalue weighted by Crippen LogP contribution is 2.40. The van der Waals surface area contributed by atoms with Gasteiger partial charge in [-0.3, -0.25) is 0 Å². The molecule has 0 spiro atoms. The third-order valence-electron chi connectivity index (χ3n) is 2.64. The summed E-state index contributed by atoms with van der Waals surface area (Å²) in [5.41, 5.74) is 1.01. The molecule has 106 valence electrons. The first-order valence-electron chi connectivity index (χ1n) is 5.35. The number of halogens is 4. The van der Waals surface area contributed by atoms with Gasteiger partial charge in [0.05, 0.1) is 10.0 Å². The summed E-state index contributed by atoms with van der Waals surface area (Å²) in [7, 11) is -3.56. The van der Waals surface area contributed by atoms with Crippen molar-refractivity contribution < 1.29 is 8.42 Å². The van der Waals surface area contributed by atoms with E-state index < -0.39 is 9.84 Å². The molecule has 7 heteroatoms. The van der Waals surface area contributed by atoms with Crippen LogP contribution in [0.3, 0.4) is 0 Å². The van der Waals surface area contributed by atoms with Gasteiger partial charge in [0.1, 0.15) is 4.90 Å². The molecule has 0 aliphatic carbocycles. The van der Waals surface area contributed by atoms with Crippen LogP contribution in [0.15, 0.2) is 35.2 Å². The van der Waals surface area contributed by atoms with E-state index in [-0.39, 0.29) is 14.9 Å². The molecule has 0 amide bonds. The maximum absolute atomic E-state index is 11.8. The Morgan fingerprint density at radius 2 is 1.45 bits per heavy atom. The van der Waals surface area contributed by atoms with E-state index in [0.29, 0.717) is 21.2 Å². The van der Waals surface area contributed by atoms with E-state index >= 15 is 0 Å². The van der Waals surface area contributed by atoms with Crippen LogP contribution in [-0.4, -0.2) is 14.7 Å². The van der Waals surface area contributed by atoms with E-state index in [2.05, 4.69) is 0 Å². The molecule has 0 N–H and O–H groups in total. The number of hydrogen-bond donors (Lipinski definition) is 0. The average Bonchev–Trinajstić information content (AvgIpc) is 2.31. The highest BCUT2D eigenvalue weighted by atomic mass is 35.5. The van der Waals surface area contributed by atoms with Gasteiger partial charge in [-0.25, -0.2) is 8.42 Å². The second kappa shape index (κ2) is 5.74. The Kier molecular flexibility index (Phi) is 4.57. The predicted molar refractivity (Wildman–Crippen MR) is 85.0 cm³/mol. The van der Waals surface area contributed by atoms with Gasteiger partial charge in [-0.05, 0) is 24.3 Å². The molecule has 0 aliphatic rings. The summed E-state index contributed by atoms with van der Waals surface area (Å²) < 4.78 is 23.6. The van der Waals surface area contributed by atoms with Gasteiger partial charge >= 0.3 is 0 Å². The first-order chi connectivity index (χ1) is 9.21. The van der Waals surface area contributed by atoms with E-state index in [1.54, 1.807) is 24.3 Å². The van der Waals surface area contributed by atoms with Gasteiger partial charge in [-0.15, -0.1) is 0 Å². The summed E-state index contributed by atoms with van der Waals surface area (Å²) in [5.74, 6) is 0. The normalized spacial score (nSPS) is 11.7. The molecular weight excluding hydrogens is 362 g/mol. The summed E-state index contributed by atoms with van der Waals surface area (Å²) >= 11 is 24.2. The Hall–Kier alpha value is -0.450. The molecule has 20 heavy (non-hydrogen) atoms. The Morgan fingerprint density at radius 3 is 2.05 bits per heavy atom. The van der Waals surface area contributed by atoms with Crippen molar-refractivity contribution in [1.29, 1.82) is 0 Å². The molecule has 0 heterocycles. The molecule has 0 fully saturated rings. The second-order valence-electron chi connectivity index (χ2n) is 4.13. The zero-order valence-corrected chi connectivity index (χ0v) is 14.0. The fourth-order valence-corrected chi connectivity index (χ4v) is 4.35. The maximum Gasteiger partial charge on any atom is 0.178 e. The SMILES string of the molecule is CS(=O)(=O)c1c(Cl)ccc(-c2cc(Cl)ccc2Cl)c1Cl. The first kappa shape index (κ1) is 15.9. The van der Waals surface area contributed by atoms with Crippen LogP contribution in [0.1, 0.15) is 0 Å². The lowest BCUT2D eigenvalue weighted by Crippen LogP contribution is -2.00. The molecule has 0 aliphatic heterocycles. The van der Waals surface area contributed by atoms with Crippen LogP contribution < -0.4 is 0 Å². The number of rotatable bonds is 2. The van der Waals surface area contributed by atoms with Crippen LogP contribution in [0, 0.1) is 0 Å². The van der Waals surface area contributed by atoms with Gasteiger partial charge in [0, 0.05) is 27.4 Å². The minimum atomic E-state index is -3.56. The topological polar surface area (TPSA) is 34.1 Å². The van der Waals surface area contributed by atoms with Crippen molar-refractivity contribution in [3.63, 3.8) is 0 Å². The van der Waals surface area contributed by atoms with E-state index in [1.807, 2.05) is 0 Å². The van der Waals surface area contributed by atoms with E-state index in [9.17, 15) is 8.42 Å². The summed E-state index contributed by atoms with van der Waals surface area (Å²) in [5, 5.41) is 0.984. The predicted octanol–water partition coefficient (Wildman–Crippen LogP) is 5.37. The quantitative estimate of drug-likeness (QED) is 0.712. The minimum absolute atomic E-state index is 0.0316. The molecule has 2 rings (SSSR count). The summed E-state index contributed by atoms with van der Waals surface area (Å²) in [6, 6.07) is 7.94. The average molecular weight is 370 g/mol. The molecule has 0 aromatic heterocycles. The second-order valence-corrected chi connectivity index (χ2v) is 7.72. The number of benzene rings is 2. The summed E-state index contributed by atoms with van der Waals surface area (Å²) in [6.45, 7) is 0. The summed E-state index contributed by atoms with van der Waals surface area (Å²) in [4.78, 5) is -0.116. The Balaban J connectivity index is 2.81. The van der Waals surface area contributed by atoms with Crippen molar-refractivity contribution in [1.82, 2.24) is 0 Å². The molecule has 0 saturated heterocycles. The van der Waals surface area contributed by atoms with Gasteiger partial charge in [0.2, 0.25) is 0 Å². The molecule has 0 unspecified atom stereocenters. The van der Waals surface area contributed by atoms with Gasteiger partial charge in [-0.2, -0.15) is 0 Å². The van der Waals surface area contributed by atoms with Crippen molar-refractivity contribution in [2.75, 3.05) is 6.26 Å². The van der Waals surface area contributed by atoms with Gasteiger partial charge in [-0.1, -0.05) is 52.5 Å². The van der Waals surface area contributed by atoms with E-state index in [1.165, 1.54) is 6.07 Å². The summed E-state index contributed by atoms with van der Waals surface area (Å²) in [6.07, 6.45) is 1.05. The molecule has 0 saturated carbocycles. The molecule has 0 radical (unpaired) electrons. The standard InChI is InChI=1S/C13H8Cl4O2S/c1-20(18,19)13-11(16)5-3-8(12(13)17)9-6-7(14)2-4-10(9)15/h2-6H,1H3. The van der Waals surface area contributed by atoms with Crippen LogP contribution >= 0.6 is 46.4 Å². The van der Waals surface area contributed by atoms with Crippen molar-refractivity contribution in [2.24, 2.45) is 0 Å². The van der Waals surface area contributed by atoms with Crippen molar-refractivity contribution in [3.8, 4) is 11.1 Å². The lowest BCUT2D eigenvalue weighted by Gasteiger charge is -2.12. The third kappa shape index (κ3) is 3.07. The highest BCUT2D eigenvalue weighted by Gasteiger charge is 2.21. The molecule has 2 aromatic carbocycles. The number of sulfone groups is 1. The zero-order chi connectivity index (χ0) is 15.1. The van der Waals surface area contributed by atoms with Gasteiger partial charge in [0.15, 0.2) is 9.84 Å². The smallest absolute Gasteiger partial charge is 0.178 e. The molecule has 0 bridgehead atoms. The minimum Gasteiger partial charge on any atom is -0.224 e. The van der Waals surface area contributed by atoms with E-state index in [0.717, 1.165) is 6.26 Å². The van der Waals surface area contributed by atoms with Crippen LogP contribution in [0.2, 0.25) is 20.1 Å². The van der Waals surface area contributed by atoms with Crippen LogP contribution in [0.4, 0.5) is 0 Å². The Bertz CT molecular complexity index is 785. The number of hydrogen-bond acceptors (Lipinski definition) is 2. The fraction of sp³-hybridized carbons (Fsp3) is 0.0769.